The topological polar surface area (TPSA) is 52.6 Å². The van der Waals surface area contributed by atoms with Crippen LogP contribution in [0, 0.1) is 5.92 Å². The lowest BCUT2D eigenvalue weighted by atomic mass is 9.98. The molecule has 1 unspecified atom stereocenters. The number of rotatable bonds is 5. The first-order chi connectivity index (χ1) is 7.76. The first kappa shape index (κ1) is 13.5. The maximum Gasteiger partial charge on any atom is 0.234 e. The van der Waals surface area contributed by atoms with Crippen LogP contribution in [0.1, 0.15) is 32.6 Å². The molecule has 0 aromatic heterocycles. The highest BCUT2D eigenvalue weighted by Gasteiger charge is 2.17. The molecule has 0 spiro atoms. The van der Waals surface area contributed by atoms with Gasteiger partial charge in [-0.3, -0.25) is 9.69 Å². The van der Waals surface area contributed by atoms with Crippen molar-refractivity contribution < 1.29 is 9.90 Å². The molecule has 1 aliphatic heterocycles. The molecule has 1 aliphatic rings. The van der Waals surface area contributed by atoms with Crippen molar-refractivity contribution in [2.45, 2.75) is 32.6 Å². The second-order valence-electron chi connectivity index (χ2n) is 4.55. The summed E-state index contributed by atoms with van der Waals surface area (Å²) in [5, 5.41) is 11.3. The van der Waals surface area contributed by atoms with E-state index in [1.807, 2.05) is 0 Å². The average molecular weight is 228 g/mol. The minimum Gasteiger partial charge on any atom is -0.395 e. The van der Waals surface area contributed by atoms with E-state index in [2.05, 4.69) is 17.1 Å². The predicted octanol–water partition coefficient (Wildman–Crippen LogP) is 0.607. The Labute approximate surface area is 98.0 Å². The zero-order valence-corrected chi connectivity index (χ0v) is 10.2. The molecule has 94 valence electrons. The highest BCUT2D eigenvalue weighted by atomic mass is 16.3. The van der Waals surface area contributed by atoms with Crippen LogP contribution in [-0.2, 0) is 4.79 Å². The molecule has 1 saturated heterocycles. The lowest BCUT2D eigenvalue weighted by Gasteiger charge is -2.19. The van der Waals surface area contributed by atoms with E-state index in [0.717, 1.165) is 19.0 Å². The number of nitrogens with zero attached hydrogens (tertiary/aromatic N) is 1. The highest BCUT2D eigenvalue weighted by Crippen LogP contribution is 2.19. The molecule has 1 fully saturated rings. The number of hydrogen-bond donors (Lipinski definition) is 2. The quantitative estimate of drug-likeness (QED) is 0.725. The van der Waals surface area contributed by atoms with E-state index < -0.39 is 0 Å². The van der Waals surface area contributed by atoms with E-state index in [-0.39, 0.29) is 12.5 Å². The third-order valence-electron chi connectivity index (χ3n) is 3.32. The molecule has 1 amide bonds. The molecule has 0 aliphatic carbocycles. The Kier molecular flexibility index (Phi) is 6.42. The summed E-state index contributed by atoms with van der Waals surface area (Å²) in [6.45, 7) is 5.17. The van der Waals surface area contributed by atoms with Crippen molar-refractivity contribution in [1.82, 2.24) is 10.2 Å². The van der Waals surface area contributed by atoms with Gasteiger partial charge in [-0.05, 0) is 38.3 Å². The molecular formula is C12H24N2O2. The fourth-order valence-electron chi connectivity index (χ4n) is 2.25. The average Bonchev–Trinajstić information content (AvgIpc) is 2.51. The van der Waals surface area contributed by atoms with Crippen molar-refractivity contribution in [2.24, 2.45) is 5.92 Å². The summed E-state index contributed by atoms with van der Waals surface area (Å²) in [6, 6.07) is 0. The van der Waals surface area contributed by atoms with Gasteiger partial charge in [0, 0.05) is 6.54 Å². The highest BCUT2D eigenvalue weighted by molar-refractivity contribution is 5.77. The Bertz CT molecular complexity index is 209. The van der Waals surface area contributed by atoms with Gasteiger partial charge >= 0.3 is 0 Å². The molecule has 0 saturated carbocycles. The fraction of sp³-hybridized carbons (Fsp3) is 0.917. The smallest absolute Gasteiger partial charge is 0.234 e. The number of amides is 1. The largest absolute Gasteiger partial charge is 0.395 e. The van der Waals surface area contributed by atoms with Gasteiger partial charge in [-0.25, -0.2) is 0 Å². The first-order valence-corrected chi connectivity index (χ1v) is 6.36. The Morgan fingerprint density at radius 3 is 2.94 bits per heavy atom. The molecule has 0 bridgehead atoms. The van der Waals surface area contributed by atoms with Crippen LogP contribution in [0.3, 0.4) is 0 Å². The van der Waals surface area contributed by atoms with Crippen molar-refractivity contribution >= 4 is 5.91 Å². The van der Waals surface area contributed by atoms with Gasteiger partial charge in [-0.2, -0.15) is 0 Å². The van der Waals surface area contributed by atoms with E-state index >= 15 is 0 Å². The normalized spacial score (nSPS) is 22.8. The molecular weight excluding hydrogens is 204 g/mol. The van der Waals surface area contributed by atoms with E-state index in [4.69, 9.17) is 5.11 Å². The van der Waals surface area contributed by atoms with E-state index in [9.17, 15) is 4.79 Å². The summed E-state index contributed by atoms with van der Waals surface area (Å²) >= 11 is 0. The molecule has 1 rings (SSSR count). The van der Waals surface area contributed by atoms with Crippen LogP contribution < -0.4 is 5.32 Å². The number of carbonyl (C=O) groups excluding carboxylic acids is 1. The number of carbonyl (C=O) groups is 1. The van der Waals surface area contributed by atoms with Gasteiger partial charge in [0.1, 0.15) is 0 Å². The number of aliphatic hydroxyl groups is 1. The number of aliphatic hydroxyl groups excluding tert-OH is 1. The fourth-order valence-corrected chi connectivity index (χ4v) is 2.25. The summed E-state index contributed by atoms with van der Waals surface area (Å²) in [5.41, 5.74) is 0. The lowest BCUT2D eigenvalue weighted by molar-refractivity contribution is -0.122. The summed E-state index contributed by atoms with van der Waals surface area (Å²) in [6.07, 6.45) is 4.96. The second-order valence-corrected chi connectivity index (χ2v) is 4.55. The van der Waals surface area contributed by atoms with Gasteiger partial charge in [0.05, 0.1) is 13.2 Å². The zero-order chi connectivity index (χ0) is 11.8. The minimum atomic E-state index is 0.0175. The summed E-state index contributed by atoms with van der Waals surface area (Å²) in [4.78, 5) is 13.7. The Morgan fingerprint density at radius 1 is 1.44 bits per heavy atom. The Balaban J connectivity index is 2.24. The molecule has 1 atom stereocenters. The molecule has 0 radical (unpaired) electrons. The van der Waals surface area contributed by atoms with Crippen LogP contribution in [0.25, 0.3) is 0 Å². The Morgan fingerprint density at radius 2 is 2.25 bits per heavy atom. The Hall–Kier alpha value is -0.610. The number of likely N-dealkylation sites (tertiary alicyclic amines) is 1. The van der Waals surface area contributed by atoms with Crippen LogP contribution in [0.5, 0.6) is 0 Å². The van der Waals surface area contributed by atoms with Gasteiger partial charge in [-0.15, -0.1) is 0 Å². The van der Waals surface area contributed by atoms with Crippen molar-refractivity contribution in [3.05, 3.63) is 0 Å². The van der Waals surface area contributed by atoms with Gasteiger partial charge in [0.2, 0.25) is 5.91 Å². The van der Waals surface area contributed by atoms with E-state index in [1.54, 1.807) is 0 Å². The summed E-state index contributed by atoms with van der Waals surface area (Å²) in [5.74, 6) is 0.870. The standard InChI is InChI=1S/C12H24N2O2/c1-2-11-4-3-7-14(8-5-11)10-12(16)13-6-9-15/h11,15H,2-10H2,1H3,(H,13,16). The monoisotopic (exact) mass is 228 g/mol. The van der Waals surface area contributed by atoms with Crippen molar-refractivity contribution in [2.75, 3.05) is 32.8 Å². The van der Waals surface area contributed by atoms with Crippen molar-refractivity contribution in [3.8, 4) is 0 Å². The molecule has 0 aromatic carbocycles. The second kappa shape index (κ2) is 7.63. The SMILES string of the molecule is CCC1CCCN(CC(=O)NCCO)CC1. The molecule has 2 N–H and O–H groups in total. The van der Waals surface area contributed by atoms with Crippen LogP contribution >= 0.6 is 0 Å². The predicted molar refractivity (Wildman–Crippen MR) is 64.2 cm³/mol. The van der Waals surface area contributed by atoms with E-state index in [1.165, 1.54) is 25.7 Å². The lowest BCUT2D eigenvalue weighted by Crippen LogP contribution is -2.38. The van der Waals surface area contributed by atoms with Crippen LogP contribution in [0.15, 0.2) is 0 Å². The first-order valence-electron chi connectivity index (χ1n) is 6.36. The number of hydrogen-bond acceptors (Lipinski definition) is 3. The van der Waals surface area contributed by atoms with E-state index in [0.29, 0.717) is 13.1 Å². The summed E-state index contributed by atoms with van der Waals surface area (Å²) in [7, 11) is 0. The van der Waals surface area contributed by atoms with Gasteiger partial charge < -0.3 is 10.4 Å². The summed E-state index contributed by atoms with van der Waals surface area (Å²) < 4.78 is 0. The van der Waals surface area contributed by atoms with Gasteiger partial charge in [0.25, 0.3) is 0 Å². The maximum absolute atomic E-state index is 11.5. The van der Waals surface area contributed by atoms with Crippen molar-refractivity contribution in [1.29, 1.82) is 0 Å². The third kappa shape index (κ3) is 4.94. The van der Waals surface area contributed by atoms with Crippen LogP contribution in [0.2, 0.25) is 0 Å². The third-order valence-corrected chi connectivity index (χ3v) is 3.32. The molecule has 1 heterocycles. The molecule has 16 heavy (non-hydrogen) atoms. The van der Waals surface area contributed by atoms with Crippen molar-refractivity contribution in [3.63, 3.8) is 0 Å². The van der Waals surface area contributed by atoms with Gasteiger partial charge in [-0.1, -0.05) is 13.3 Å². The number of nitrogens with one attached hydrogen (secondary N) is 1. The van der Waals surface area contributed by atoms with Crippen LogP contribution in [0.4, 0.5) is 0 Å². The van der Waals surface area contributed by atoms with Gasteiger partial charge in [0.15, 0.2) is 0 Å². The molecule has 0 aromatic rings. The molecule has 4 nitrogen and oxygen atoms in total. The molecule has 4 heteroatoms. The minimum absolute atomic E-state index is 0.0175. The van der Waals surface area contributed by atoms with Crippen LogP contribution in [-0.4, -0.2) is 48.7 Å². The zero-order valence-electron chi connectivity index (χ0n) is 10.2. The maximum atomic E-state index is 11.5.